The Morgan fingerprint density at radius 3 is 3.11 bits per heavy atom. The number of fused-ring (bicyclic) bond motifs is 3. The van der Waals surface area contributed by atoms with Gasteiger partial charge in [0, 0.05) is 30.1 Å². The van der Waals surface area contributed by atoms with Gasteiger partial charge < -0.3 is 10.2 Å². The number of anilines is 1. The fourth-order valence-electron chi connectivity index (χ4n) is 3.35. The van der Waals surface area contributed by atoms with Crippen LogP contribution in [0.4, 0.5) is 5.82 Å². The number of nitrogens with one attached hydrogen (secondary N) is 1. The molecule has 2 bridgehead atoms. The van der Waals surface area contributed by atoms with Crippen molar-refractivity contribution in [3.8, 4) is 0 Å². The predicted octanol–water partition coefficient (Wildman–Crippen LogP) is 2.33. The Balaban J connectivity index is 1.73. The first-order valence-electron chi connectivity index (χ1n) is 7.02. The maximum Gasteiger partial charge on any atom is 0.140 e. The van der Waals surface area contributed by atoms with E-state index in [1.807, 2.05) is 0 Å². The number of aromatic nitrogens is 2. The van der Waals surface area contributed by atoms with Crippen molar-refractivity contribution in [3.63, 3.8) is 0 Å². The van der Waals surface area contributed by atoms with Crippen LogP contribution in [0.25, 0.3) is 10.2 Å². The number of nitrogens with zero attached hydrogens (tertiary/aromatic N) is 3. The molecule has 2 unspecified atom stereocenters. The highest BCUT2D eigenvalue weighted by molar-refractivity contribution is 7.18. The minimum absolute atomic E-state index is 0.636. The molecule has 2 aliphatic rings. The molecular weight excluding hydrogens is 256 g/mol. The van der Waals surface area contributed by atoms with Gasteiger partial charge in [-0.15, -0.1) is 11.3 Å². The first-order valence-corrected chi connectivity index (χ1v) is 7.83. The van der Waals surface area contributed by atoms with E-state index in [1.54, 1.807) is 17.7 Å². The third-order valence-corrected chi connectivity index (χ3v) is 5.21. The molecule has 0 saturated carbocycles. The average molecular weight is 274 g/mol. The van der Waals surface area contributed by atoms with Crippen LogP contribution in [-0.2, 0) is 0 Å². The molecule has 100 valence electrons. The Morgan fingerprint density at radius 2 is 2.16 bits per heavy atom. The maximum atomic E-state index is 4.56. The van der Waals surface area contributed by atoms with Gasteiger partial charge in [0.15, 0.2) is 0 Å². The molecule has 2 aromatic heterocycles. The highest BCUT2D eigenvalue weighted by atomic mass is 32.1. The van der Waals surface area contributed by atoms with Gasteiger partial charge in [-0.3, -0.25) is 0 Å². The minimum atomic E-state index is 0.636. The Hall–Kier alpha value is -1.20. The van der Waals surface area contributed by atoms with Crippen molar-refractivity contribution in [2.24, 2.45) is 0 Å². The quantitative estimate of drug-likeness (QED) is 0.866. The maximum absolute atomic E-state index is 4.56. The molecule has 2 saturated heterocycles. The molecule has 2 atom stereocenters. The molecule has 4 heterocycles. The summed E-state index contributed by atoms with van der Waals surface area (Å²) in [4.78, 5) is 13.8. The summed E-state index contributed by atoms with van der Waals surface area (Å²) in [6.07, 6.45) is 5.59. The molecule has 19 heavy (non-hydrogen) atoms. The molecule has 1 N–H and O–H groups in total. The van der Waals surface area contributed by atoms with Crippen molar-refractivity contribution in [3.05, 3.63) is 17.3 Å². The molecule has 0 amide bonds. The molecule has 4 rings (SSSR count). The van der Waals surface area contributed by atoms with Gasteiger partial charge in [-0.1, -0.05) is 0 Å². The smallest absolute Gasteiger partial charge is 0.140 e. The molecule has 2 aromatic rings. The first kappa shape index (κ1) is 11.6. The number of aryl methyl sites for hydroxylation is 1. The summed E-state index contributed by atoms with van der Waals surface area (Å²) in [7, 11) is 0. The van der Waals surface area contributed by atoms with Crippen LogP contribution in [0.15, 0.2) is 12.4 Å². The van der Waals surface area contributed by atoms with Crippen LogP contribution in [0.5, 0.6) is 0 Å². The van der Waals surface area contributed by atoms with E-state index in [2.05, 4.69) is 33.2 Å². The van der Waals surface area contributed by atoms with Crippen molar-refractivity contribution in [2.45, 2.75) is 38.3 Å². The second-order valence-corrected chi connectivity index (χ2v) is 6.88. The predicted molar refractivity (Wildman–Crippen MR) is 78.9 cm³/mol. The van der Waals surface area contributed by atoms with E-state index in [-0.39, 0.29) is 0 Å². The summed E-state index contributed by atoms with van der Waals surface area (Å²) in [5, 5.41) is 4.95. The topological polar surface area (TPSA) is 41.0 Å². The van der Waals surface area contributed by atoms with E-state index < -0.39 is 0 Å². The summed E-state index contributed by atoms with van der Waals surface area (Å²) >= 11 is 1.76. The van der Waals surface area contributed by atoms with Gasteiger partial charge in [0.2, 0.25) is 0 Å². The highest BCUT2D eigenvalue weighted by Crippen LogP contribution is 2.31. The summed E-state index contributed by atoms with van der Waals surface area (Å²) < 4.78 is 0. The Kier molecular flexibility index (Phi) is 2.70. The van der Waals surface area contributed by atoms with Crippen molar-refractivity contribution in [2.75, 3.05) is 18.0 Å². The number of hydrogen-bond donors (Lipinski definition) is 1. The molecule has 0 aliphatic carbocycles. The van der Waals surface area contributed by atoms with Crippen LogP contribution in [0.1, 0.15) is 24.1 Å². The van der Waals surface area contributed by atoms with Crippen molar-refractivity contribution in [1.82, 2.24) is 15.3 Å². The van der Waals surface area contributed by atoms with Gasteiger partial charge in [0.25, 0.3) is 0 Å². The normalized spacial score (nSPS) is 26.9. The lowest BCUT2D eigenvalue weighted by Crippen LogP contribution is -2.35. The van der Waals surface area contributed by atoms with Crippen LogP contribution >= 0.6 is 11.3 Å². The largest absolute Gasteiger partial charge is 0.354 e. The lowest BCUT2D eigenvalue weighted by Gasteiger charge is -2.25. The van der Waals surface area contributed by atoms with Crippen molar-refractivity contribution >= 4 is 27.4 Å². The molecule has 0 spiro atoms. The highest BCUT2D eigenvalue weighted by Gasteiger charge is 2.30. The van der Waals surface area contributed by atoms with E-state index in [0.29, 0.717) is 6.04 Å². The van der Waals surface area contributed by atoms with E-state index in [1.165, 1.54) is 29.5 Å². The molecule has 2 aliphatic heterocycles. The van der Waals surface area contributed by atoms with E-state index >= 15 is 0 Å². The van der Waals surface area contributed by atoms with E-state index in [0.717, 1.165) is 29.8 Å². The van der Waals surface area contributed by atoms with Gasteiger partial charge >= 0.3 is 0 Å². The van der Waals surface area contributed by atoms with Crippen molar-refractivity contribution < 1.29 is 0 Å². The van der Waals surface area contributed by atoms with Gasteiger partial charge in [-0.2, -0.15) is 0 Å². The SMILES string of the molecule is Cc1cc2c(N3CCC4CCC(C3)N4)ncnc2s1. The standard InChI is InChI=1S/C14H18N4S/c1-9-6-12-13(15-8-16-14(12)19-9)18-5-4-10-2-3-11(7-18)17-10/h6,8,10-11,17H,2-5,7H2,1H3. The summed E-state index contributed by atoms with van der Waals surface area (Å²) in [6.45, 7) is 4.33. The zero-order valence-electron chi connectivity index (χ0n) is 11.1. The second kappa shape index (κ2) is 4.42. The minimum Gasteiger partial charge on any atom is -0.354 e. The monoisotopic (exact) mass is 274 g/mol. The lowest BCUT2D eigenvalue weighted by atomic mass is 10.1. The van der Waals surface area contributed by atoms with Crippen molar-refractivity contribution in [1.29, 1.82) is 0 Å². The number of hydrogen-bond acceptors (Lipinski definition) is 5. The summed E-state index contributed by atoms with van der Waals surface area (Å²) in [5.74, 6) is 1.13. The first-order chi connectivity index (χ1) is 9.29. The van der Waals surface area contributed by atoms with Gasteiger partial charge in [0.05, 0.1) is 5.39 Å². The van der Waals surface area contributed by atoms with Crippen LogP contribution in [0.3, 0.4) is 0 Å². The Bertz CT molecular complexity index is 609. The van der Waals surface area contributed by atoms with Crippen LogP contribution < -0.4 is 10.2 Å². The third-order valence-electron chi connectivity index (χ3n) is 4.25. The molecule has 5 heteroatoms. The van der Waals surface area contributed by atoms with Crippen LogP contribution in [0, 0.1) is 6.92 Å². The van der Waals surface area contributed by atoms with E-state index in [9.17, 15) is 0 Å². The molecule has 0 radical (unpaired) electrons. The molecular formula is C14H18N4S. The molecule has 0 aromatic carbocycles. The zero-order valence-corrected chi connectivity index (χ0v) is 11.9. The fraction of sp³-hybridized carbons (Fsp3) is 0.571. The van der Waals surface area contributed by atoms with Crippen LogP contribution in [0.2, 0.25) is 0 Å². The summed E-state index contributed by atoms with van der Waals surface area (Å²) in [6, 6.07) is 3.58. The van der Waals surface area contributed by atoms with Gasteiger partial charge in [-0.25, -0.2) is 9.97 Å². The second-order valence-electron chi connectivity index (χ2n) is 5.65. The lowest BCUT2D eigenvalue weighted by molar-refractivity contribution is 0.563. The summed E-state index contributed by atoms with van der Waals surface area (Å²) in [5.41, 5.74) is 0. The van der Waals surface area contributed by atoms with Gasteiger partial charge in [-0.05, 0) is 32.3 Å². The fourth-order valence-corrected chi connectivity index (χ4v) is 4.19. The van der Waals surface area contributed by atoms with Crippen LogP contribution in [-0.4, -0.2) is 35.1 Å². The molecule has 2 fully saturated rings. The Morgan fingerprint density at radius 1 is 1.26 bits per heavy atom. The van der Waals surface area contributed by atoms with Gasteiger partial charge in [0.1, 0.15) is 17.0 Å². The van der Waals surface area contributed by atoms with E-state index in [4.69, 9.17) is 0 Å². The zero-order chi connectivity index (χ0) is 12.8. The third kappa shape index (κ3) is 2.01. The average Bonchev–Trinajstić information content (AvgIpc) is 2.91. The number of thiophene rings is 1. The number of rotatable bonds is 1. The Labute approximate surface area is 116 Å². The molecule has 4 nitrogen and oxygen atoms in total.